The van der Waals surface area contributed by atoms with E-state index in [2.05, 4.69) is 42.2 Å². The third-order valence-electron chi connectivity index (χ3n) is 6.24. The third-order valence-corrected chi connectivity index (χ3v) is 6.24. The largest absolute Gasteiger partial charge is 0.496 e. The number of hydrogen-bond acceptors (Lipinski definition) is 5. The van der Waals surface area contributed by atoms with Crippen molar-refractivity contribution in [2.45, 2.75) is 96.3 Å². The van der Waals surface area contributed by atoms with E-state index in [0.717, 1.165) is 30.6 Å². The Morgan fingerprint density at radius 2 is 1.70 bits per heavy atom. The molecule has 3 rings (SSSR count). The first-order chi connectivity index (χ1) is 14.6. The van der Waals surface area contributed by atoms with Gasteiger partial charge in [0.05, 0.1) is 18.7 Å². The van der Waals surface area contributed by atoms with Gasteiger partial charge >= 0.3 is 0 Å². The maximum Gasteiger partial charge on any atom is 0.251 e. The fraction of sp³-hybridized carbons (Fsp3) is 0.640. The van der Waals surface area contributed by atoms with E-state index in [9.17, 15) is 5.26 Å². The summed E-state index contributed by atoms with van der Waals surface area (Å²) in [5, 5.41) is 17.8. The number of rotatable bonds is 13. The van der Waals surface area contributed by atoms with Gasteiger partial charge < -0.3 is 9.15 Å². The summed E-state index contributed by atoms with van der Waals surface area (Å²) >= 11 is 0. The molecule has 2 aromatic rings. The lowest BCUT2D eigenvalue weighted by atomic mass is 9.98. The normalized spacial score (nSPS) is 14.5. The fourth-order valence-electron chi connectivity index (χ4n) is 3.98. The van der Waals surface area contributed by atoms with Crippen LogP contribution in [0.3, 0.4) is 0 Å². The molecule has 0 amide bonds. The Morgan fingerprint density at radius 3 is 2.30 bits per heavy atom. The van der Waals surface area contributed by atoms with Crippen molar-refractivity contribution in [3.8, 4) is 23.3 Å². The van der Waals surface area contributed by atoms with Crippen molar-refractivity contribution in [3.63, 3.8) is 0 Å². The smallest absolute Gasteiger partial charge is 0.251 e. The molecule has 1 aliphatic rings. The Morgan fingerprint density at radius 1 is 1.03 bits per heavy atom. The second-order valence-corrected chi connectivity index (χ2v) is 8.66. The minimum absolute atomic E-state index is 0.433. The highest BCUT2D eigenvalue weighted by atomic mass is 16.5. The number of nitriles is 1. The van der Waals surface area contributed by atoms with Crippen molar-refractivity contribution >= 4 is 0 Å². The van der Waals surface area contributed by atoms with E-state index in [1.165, 1.54) is 68.9 Å². The summed E-state index contributed by atoms with van der Waals surface area (Å²) in [6.07, 6.45) is 14.6. The van der Waals surface area contributed by atoms with E-state index in [1.807, 2.05) is 0 Å². The maximum atomic E-state index is 9.38. The van der Waals surface area contributed by atoms with Crippen LogP contribution in [0.2, 0.25) is 0 Å². The number of unbranched alkanes of at least 4 members (excludes halogenated alkanes) is 8. The molecule has 5 nitrogen and oxygen atoms in total. The Kier molecular flexibility index (Phi) is 7.90. The SMILES string of the molecule is CCCCCCCCCCCc1cc(-c2nnc(C3(C#N)CC3)o2)c(OC)cc1C. The molecular formula is C25H35N3O2. The van der Waals surface area contributed by atoms with Crippen molar-refractivity contribution in [3.05, 3.63) is 29.2 Å². The van der Waals surface area contributed by atoms with Crippen molar-refractivity contribution < 1.29 is 9.15 Å². The van der Waals surface area contributed by atoms with Crippen LogP contribution in [-0.4, -0.2) is 17.3 Å². The van der Waals surface area contributed by atoms with Crippen LogP contribution in [0.4, 0.5) is 0 Å². The summed E-state index contributed by atoms with van der Waals surface area (Å²) in [5.41, 5.74) is 2.78. The van der Waals surface area contributed by atoms with Gasteiger partial charge in [-0.15, -0.1) is 10.2 Å². The molecule has 0 unspecified atom stereocenters. The van der Waals surface area contributed by atoms with E-state index in [4.69, 9.17) is 9.15 Å². The van der Waals surface area contributed by atoms with Crippen LogP contribution in [0.15, 0.2) is 16.5 Å². The molecule has 1 heterocycles. The molecule has 1 fully saturated rings. The Hall–Kier alpha value is -2.35. The summed E-state index contributed by atoms with van der Waals surface area (Å²) in [6, 6.07) is 6.50. The monoisotopic (exact) mass is 409 g/mol. The van der Waals surface area contributed by atoms with E-state index >= 15 is 0 Å². The Labute approximate surface area is 180 Å². The van der Waals surface area contributed by atoms with Gasteiger partial charge in [-0.05, 0) is 55.9 Å². The molecule has 0 radical (unpaired) electrons. The lowest BCUT2D eigenvalue weighted by molar-refractivity contribution is 0.412. The number of hydrogen-bond donors (Lipinski definition) is 0. The van der Waals surface area contributed by atoms with E-state index in [0.29, 0.717) is 11.8 Å². The number of benzene rings is 1. The first kappa shape index (κ1) is 22.3. The number of aromatic nitrogens is 2. The number of nitrogens with zero attached hydrogens (tertiary/aromatic N) is 3. The average molecular weight is 410 g/mol. The maximum absolute atomic E-state index is 9.38. The van der Waals surface area contributed by atoms with Gasteiger partial charge in [0.25, 0.3) is 5.89 Å². The van der Waals surface area contributed by atoms with Crippen molar-refractivity contribution in [2.75, 3.05) is 7.11 Å². The summed E-state index contributed by atoms with van der Waals surface area (Å²) in [4.78, 5) is 0. The molecule has 0 atom stereocenters. The number of methoxy groups -OCH3 is 1. The quantitative estimate of drug-likeness (QED) is 0.345. The Balaban J connectivity index is 1.58. The van der Waals surface area contributed by atoms with Gasteiger partial charge in [-0.1, -0.05) is 58.3 Å². The van der Waals surface area contributed by atoms with Crippen LogP contribution >= 0.6 is 0 Å². The second kappa shape index (κ2) is 10.6. The van der Waals surface area contributed by atoms with Crippen LogP contribution in [0.5, 0.6) is 5.75 Å². The van der Waals surface area contributed by atoms with Crippen LogP contribution in [-0.2, 0) is 11.8 Å². The third kappa shape index (κ3) is 5.41. The molecule has 0 bridgehead atoms. The van der Waals surface area contributed by atoms with Crippen molar-refractivity contribution in [1.82, 2.24) is 10.2 Å². The molecular weight excluding hydrogens is 374 g/mol. The van der Waals surface area contributed by atoms with Crippen LogP contribution in [0, 0.1) is 18.3 Å². The highest BCUT2D eigenvalue weighted by Crippen LogP contribution is 2.47. The number of aryl methyl sites for hydroxylation is 2. The average Bonchev–Trinajstić information content (AvgIpc) is 3.41. The molecule has 1 aromatic carbocycles. The first-order valence-corrected chi connectivity index (χ1v) is 11.6. The zero-order valence-electron chi connectivity index (χ0n) is 18.8. The standard InChI is InChI=1S/C25H35N3O2/c1-4-5-6-7-8-9-10-11-12-13-20-17-21(22(29-3)16-19(20)2)23-27-28-24(30-23)25(18-26)14-15-25/h16-17H,4-15H2,1-3H3. The molecule has 0 saturated heterocycles. The van der Waals surface area contributed by atoms with E-state index in [-0.39, 0.29) is 0 Å². The molecule has 30 heavy (non-hydrogen) atoms. The van der Waals surface area contributed by atoms with Crippen LogP contribution in [0.1, 0.15) is 94.6 Å². The van der Waals surface area contributed by atoms with Gasteiger partial charge in [-0.25, -0.2) is 0 Å². The highest BCUT2D eigenvalue weighted by molar-refractivity contribution is 5.65. The number of ether oxygens (including phenoxy) is 1. The Bertz CT molecular complexity index is 862. The van der Waals surface area contributed by atoms with Gasteiger partial charge in [-0.2, -0.15) is 5.26 Å². The lowest BCUT2D eigenvalue weighted by Crippen LogP contribution is -2.02. The van der Waals surface area contributed by atoms with Gasteiger partial charge in [0.2, 0.25) is 5.89 Å². The van der Waals surface area contributed by atoms with Crippen molar-refractivity contribution in [2.24, 2.45) is 0 Å². The van der Waals surface area contributed by atoms with Crippen molar-refractivity contribution in [1.29, 1.82) is 5.26 Å². The summed E-state index contributed by atoms with van der Waals surface area (Å²) in [5.74, 6) is 1.61. The first-order valence-electron chi connectivity index (χ1n) is 11.6. The summed E-state index contributed by atoms with van der Waals surface area (Å²) in [6.45, 7) is 4.39. The minimum atomic E-state index is -0.567. The molecule has 162 valence electrons. The van der Waals surface area contributed by atoms with Gasteiger partial charge in [-0.3, -0.25) is 0 Å². The molecule has 1 aliphatic carbocycles. The van der Waals surface area contributed by atoms with Crippen LogP contribution < -0.4 is 4.74 Å². The second-order valence-electron chi connectivity index (χ2n) is 8.66. The molecule has 5 heteroatoms. The zero-order valence-corrected chi connectivity index (χ0v) is 18.8. The topological polar surface area (TPSA) is 71.9 Å². The predicted molar refractivity (Wildman–Crippen MR) is 118 cm³/mol. The molecule has 1 aromatic heterocycles. The van der Waals surface area contributed by atoms with Crippen LogP contribution in [0.25, 0.3) is 11.5 Å². The van der Waals surface area contributed by atoms with E-state index in [1.54, 1.807) is 7.11 Å². The zero-order chi connectivity index (χ0) is 21.4. The highest BCUT2D eigenvalue weighted by Gasteiger charge is 2.50. The molecule has 1 saturated carbocycles. The summed E-state index contributed by atoms with van der Waals surface area (Å²) in [7, 11) is 1.66. The molecule has 0 spiro atoms. The van der Waals surface area contributed by atoms with Gasteiger partial charge in [0, 0.05) is 0 Å². The molecule has 0 aliphatic heterocycles. The molecule has 0 N–H and O–H groups in total. The van der Waals surface area contributed by atoms with E-state index < -0.39 is 5.41 Å². The fourth-order valence-corrected chi connectivity index (χ4v) is 3.98. The van der Waals surface area contributed by atoms with Gasteiger partial charge in [0.15, 0.2) is 0 Å². The lowest BCUT2D eigenvalue weighted by Gasteiger charge is -2.12. The summed E-state index contributed by atoms with van der Waals surface area (Å²) < 4.78 is 11.5. The van der Waals surface area contributed by atoms with Gasteiger partial charge in [0.1, 0.15) is 11.2 Å². The minimum Gasteiger partial charge on any atom is -0.496 e. The predicted octanol–water partition coefficient (Wildman–Crippen LogP) is 6.68.